The summed E-state index contributed by atoms with van der Waals surface area (Å²) in [6.45, 7) is 5.81. The van der Waals surface area contributed by atoms with Crippen molar-refractivity contribution in [3.05, 3.63) is 27.7 Å². The van der Waals surface area contributed by atoms with Gasteiger partial charge >= 0.3 is 5.97 Å². The van der Waals surface area contributed by atoms with Crippen LogP contribution in [0.5, 0.6) is 5.75 Å². The Labute approximate surface area is 128 Å². The van der Waals surface area contributed by atoms with Crippen LogP contribution in [-0.4, -0.2) is 18.2 Å². The molecule has 0 heterocycles. The van der Waals surface area contributed by atoms with E-state index in [1.807, 2.05) is 32.9 Å². The quantitative estimate of drug-likeness (QED) is 0.826. The van der Waals surface area contributed by atoms with Crippen molar-refractivity contribution in [2.75, 3.05) is 7.11 Å². The molecule has 1 rings (SSSR count). The minimum atomic E-state index is -0.806. The van der Waals surface area contributed by atoms with E-state index in [4.69, 9.17) is 15.6 Å². The van der Waals surface area contributed by atoms with Crippen LogP contribution in [0.3, 0.4) is 0 Å². The molecule has 0 saturated heterocycles. The summed E-state index contributed by atoms with van der Waals surface area (Å²) in [5.41, 5.74) is 7.85. The Balaban J connectivity index is 3.00. The highest BCUT2D eigenvalue weighted by atomic mass is 79.9. The Morgan fingerprint density at radius 1 is 1.50 bits per heavy atom. The van der Waals surface area contributed by atoms with Gasteiger partial charge in [-0.15, -0.1) is 0 Å². The second-order valence-electron chi connectivity index (χ2n) is 5.89. The fraction of sp³-hybridized carbons (Fsp3) is 0.533. The first-order valence-corrected chi connectivity index (χ1v) is 7.27. The van der Waals surface area contributed by atoms with Gasteiger partial charge in [0.05, 0.1) is 13.5 Å². The molecule has 4 nitrogen and oxygen atoms in total. The number of halogens is 1. The summed E-state index contributed by atoms with van der Waals surface area (Å²) in [4.78, 5) is 10.9. The maximum absolute atomic E-state index is 10.9. The third kappa shape index (κ3) is 4.49. The summed E-state index contributed by atoms with van der Waals surface area (Å²) in [6.07, 6.45) is 0.668. The molecule has 0 aliphatic carbocycles. The van der Waals surface area contributed by atoms with Gasteiger partial charge in [-0.3, -0.25) is 4.79 Å². The van der Waals surface area contributed by atoms with Gasteiger partial charge in [0.1, 0.15) is 5.75 Å². The summed E-state index contributed by atoms with van der Waals surface area (Å²) in [7, 11) is 1.61. The van der Waals surface area contributed by atoms with Gasteiger partial charge in [-0.1, -0.05) is 29.8 Å². The molecule has 1 unspecified atom stereocenters. The molecule has 112 valence electrons. The summed E-state index contributed by atoms with van der Waals surface area (Å²) < 4.78 is 6.35. The molecule has 0 fully saturated rings. The van der Waals surface area contributed by atoms with Crippen LogP contribution >= 0.6 is 15.9 Å². The first-order valence-electron chi connectivity index (χ1n) is 6.47. The van der Waals surface area contributed by atoms with E-state index in [2.05, 4.69) is 15.9 Å². The average molecular weight is 344 g/mol. The van der Waals surface area contributed by atoms with E-state index < -0.39 is 5.97 Å². The lowest BCUT2D eigenvalue weighted by Gasteiger charge is -2.27. The number of aliphatic carboxylic acids is 1. The number of carboxylic acid groups (broad SMARTS) is 1. The second-order valence-corrected chi connectivity index (χ2v) is 6.74. The number of carboxylic acids is 1. The second kappa shape index (κ2) is 6.59. The Morgan fingerprint density at radius 2 is 2.10 bits per heavy atom. The van der Waals surface area contributed by atoms with E-state index in [1.54, 1.807) is 7.11 Å². The SMILES string of the molecule is COc1cc(C)c(Br)cc1C(N)CC(C)(C)CC(=O)O. The number of rotatable bonds is 6. The first-order chi connectivity index (χ1) is 9.16. The van der Waals surface area contributed by atoms with Crippen LogP contribution in [0.2, 0.25) is 0 Å². The van der Waals surface area contributed by atoms with Crippen molar-refractivity contribution in [1.29, 1.82) is 0 Å². The van der Waals surface area contributed by atoms with Gasteiger partial charge in [-0.05, 0) is 36.5 Å². The standard InChI is InChI=1S/C15H22BrNO3/c1-9-5-13(20-4)10(6-11(9)16)12(17)7-15(2,3)8-14(18)19/h5-6,12H,7-8,17H2,1-4H3,(H,18,19). The molecule has 0 aliphatic heterocycles. The number of ether oxygens (including phenoxy) is 1. The molecule has 0 amide bonds. The molecule has 3 N–H and O–H groups in total. The fourth-order valence-electron chi connectivity index (χ4n) is 2.32. The molecule has 0 bridgehead atoms. The topological polar surface area (TPSA) is 72.5 Å². The lowest BCUT2D eigenvalue weighted by atomic mass is 9.81. The molecule has 0 aromatic heterocycles. The number of carbonyl (C=O) groups is 1. The minimum Gasteiger partial charge on any atom is -0.496 e. The van der Waals surface area contributed by atoms with E-state index in [0.29, 0.717) is 6.42 Å². The smallest absolute Gasteiger partial charge is 0.303 e. The minimum absolute atomic E-state index is 0.0933. The molecule has 0 radical (unpaired) electrons. The molecule has 5 heteroatoms. The van der Waals surface area contributed by atoms with Crippen LogP contribution in [-0.2, 0) is 4.79 Å². The number of nitrogens with two attached hydrogens (primary N) is 1. The Morgan fingerprint density at radius 3 is 2.60 bits per heavy atom. The molecular formula is C15H22BrNO3. The summed E-state index contributed by atoms with van der Waals surface area (Å²) in [5.74, 6) is -0.0661. The normalized spacial score (nSPS) is 13.1. The first kappa shape index (κ1) is 17.0. The summed E-state index contributed by atoms with van der Waals surface area (Å²) in [5, 5.41) is 8.94. The van der Waals surface area contributed by atoms with Crippen LogP contribution in [0, 0.1) is 12.3 Å². The summed E-state index contributed by atoms with van der Waals surface area (Å²) >= 11 is 3.49. The van der Waals surface area contributed by atoms with E-state index in [9.17, 15) is 4.79 Å². The van der Waals surface area contributed by atoms with Crippen molar-refractivity contribution in [3.8, 4) is 5.75 Å². The van der Waals surface area contributed by atoms with Crippen molar-refractivity contribution in [2.45, 2.75) is 39.7 Å². The predicted octanol–water partition coefficient (Wildman–Crippen LogP) is 3.66. The number of methoxy groups -OCH3 is 1. The van der Waals surface area contributed by atoms with Crippen molar-refractivity contribution in [3.63, 3.8) is 0 Å². The van der Waals surface area contributed by atoms with Gasteiger partial charge in [-0.25, -0.2) is 0 Å². The van der Waals surface area contributed by atoms with Crippen LogP contribution in [0.1, 0.15) is 43.9 Å². The largest absolute Gasteiger partial charge is 0.496 e. The molecule has 20 heavy (non-hydrogen) atoms. The molecule has 1 atom stereocenters. The van der Waals surface area contributed by atoms with Crippen molar-refractivity contribution in [1.82, 2.24) is 0 Å². The van der Waals surface area contributed by atoms with Gasteiger partial charge in [0.2, 0.25) is 0 Å². The van der Waals surface area contributed by atoms with Gasteiger partial charge in [0.15, 0.2) is 0 Å². The maximum atomic E-state index is 10.9. The fourth-order valence-corrected chi connectivity index (χ4v) is 2.68. The Hall–Kier alpha value is -1.07. The third-order valence-electron chi connectivity index (χ3n) is 3.31. The third-order valence-corrected chi connectivity index (χ3v) is 4.17. The predicted molar refractivity (Wildman–Crippen MR) is 83.0 cm³/mol. The molecule has 0 aliphatic rings. The van der Waals surface area contributed by atoms with Crippen LogP contribution in [0.4, 0.5) is 0 Å². The van der Waals surface area contributed by atoms with Crippen molar-refractivity contribution >= 4 is 21.9 Å². The maximum Gasteiger partial charge on any atom is 0.303 e. The lowest BCUT2D eigenvalue weighted by molar-refractivity contribution is -0.139. The van der Waals surface area contributed by atoms with Gasteiger partial charge in [-0.2, -0.15) is 0 Å². The highest BCUT2D eigenvalue weighted by molar-refractivity contribution is 9.10. The van der Waals surface area contributed by atoms with Gasteiger partial charge in [0, 0.05) is 16.1 Å². The van der Waals surface area contributed by atoms with Crippen molar-refractivity contribution in [2.24, 2.45) is 11.1 Å². The van der Waals surface area contributed by atoms with Crippen LogP contribution in [0.25, 0.3) is 0 Å². The van der Waals surface area contributed by atoms with E-state index in [0.717, 1.165) is 21.3 Å². The highest BCUT2D eigenvalue weighted by Gasteiger charge is 2.26. The van der Waals surface area contributed by atoms with Crippen LogP contribution < -0.4 is 10.5 Å². The molecule has 1 aromatic rings. The number of hydrogen-bond acceptors (Lipinski definition) is 3. The van der Waals surface area contributed by atoms with Gasteiger partial charge < -0.3 is 15.6 Å². The van der Waals surface area contributed by atoms with E-state index in [1.165, 1.54) is 0 Å². The number of benzene rings is 1. The summed E-state index contributed by atoms with van der Waals surface area (Å²) in [6, 6.07) is 3.62. The van der Waals surface area contributed by atoms with Gasteiger partial charge in [0.25, 0.3) is 0 Å². The number of aryl methyl sites for hydroxylation is 1. The molecule has 1 aromatic carbocycles. The molecular weight excluding hydrogens is 322 g/mol. The Bertz CT molecular complexity index is 500. The zero-order chi connectivity index (χ0) is 15.5. The van der Waals surface area contributed by atoms with Crippen LogP contribution in [0.15, 0.2) is 16.6 Å². The van der Waals surface area contributed by atoms with Crippen molar-refractivity contribution < 1.29 is 14.6 Å². The molecule has 0 saturated carbocycles. The molecule has 0 spiro atoms. The average Bonchev–Trinajstić information content (AvgIpc) is 2.29. The highest BCUT2D eigenvalue weighted by Crippen LogP contribution is 2.37. The number of hydrogen-bond donors (Lipinski definition) is 2. The lowest BCUT2D eigenvalue weighted by Crippen LogP contribution is -2.24. The van der Waals surface area contributed by atoms with E-state index >= 15 is 0 Å². The Kier molecular flexibility index (Phi) is 5.59. The van der Waals surface area contributed by atoms with E-state index in [-0.39, 0.29) is 17.9 Å². The zero-order valence-electron chi connectivity index (χ0n) is 12.4. The monoisotopic (exact) mass is 343 g/mol. The zero-order valence-corrected chi connectivity index (χ0v) is 14.0.